The van der Waals surface area contributed by atoms with Crippen LogP contribution in [0.3, 0.4) is 0 Å². The molecule has 0 aliphatic carbocycles. The van der Waals surface area contributed by atoms with Gasteiger partial charge in [-0.05, 0) is 30.3 Å². The largest absolute Gasteiger partial charge is 0.478 e. The molecule has 0 heterocycles. The van der Waals surface area contributed by atoms with Crippen molar-refractivity contribution in [2.45, 2.75) is 0 Å². The molecule has 0 spiro atoms. The van der Waals surface area contributed by atoms with Crippen LogP contribution in [0.15, 0.2) is 42.5 Å². The maximum absolute atomic E-state index is 13.6. The maximum atomic E-state index is 13.6. The SMILES string of the molecule is O=C(O)c1ccc(C#Cc2ccccc2F)c(F)c1. The predicted molar refractivity (Wildman–Crippen MR) is 65.7 cm³/mol. The summed E-state index contributed by atoms with van der Waals surface area (Å²) in [6, 6.07) is 9.27. The van der Waals surface area contributed by atoms with E-state index in [9.17, 15) is 13.6 Å². The van der Waals surface area contributed by atoms with Gasteiger partial charge < -0.3 is 5.11 Å². The number of carboxylic acids is 1. The van der Waals surface area contributed by atoms with Gasteiger partial charge >= 0.3 is 5.97 Å². The monoisotopic (exact) mass is 258 g/mol. The molecule has 0 radical (unpaired) electrons. The summed E-state index contributed by atoms with van der Waals surface area (Å²) in [5, 5.41) is 8.69. The van der Waals surface area contributed by atoms with E-state index in [2.05, 4.69) is 11.8 Å². The first-order valence-corrected chi connectivity index (χ1v) is 5.37. The molecule has 2 nitrogen and oxygen atoms in total. The van der Waals surface area contributed by atoms with Gasteiger partial charge in [0.2, 0.25) is 0 Å². The Balaban J connectivity index is 2.36. The first-order chi connectivity index (χ1) is 9.08. The number of aromatic carboxylic acids is 1. The number of benzene rings is 2. The van der Waals surface area contributed by atoms with Crippen LogP contribution in [0.4, 0.5) is 8.78 Å². The van der Waals surface area contributed by atoms with E-state index in [-0.39, 0.29) is 16.7 Å². The highest BCUT2D eigenvalue weighted by molar-refractivity contribution is 5.87. The van der Waals surface area contributed by atoms with Crippen LogP contribution in [-0.2, 0) is 0 Å². The molecule has 1 N–H and O–H groups in total. The molecular weight excluding hydrogens is 250 g/mol. The standard InChI is InChI=1S/C15H8F2O2/c16-13-4-2-1-3-10(13)5-6-11-7-8-12(15(18)19)9-14(11)17/h1-4,7-9H,(H,18,19). The van der Waals surface area contributed by atoms with E-state index in [0.717, 1.165) is 6.07 Å². The first kappa shape index (κ1) is 12.8. The number of rotatable bonds is 1. The Morgan fingerprint density at radius 2 is 1.58 bits per heavy atom. The molecule has 0 bridgehead atoms. The molecule has 2 rings (SSSR count). The summed E-state index contributed by atoms with van der Waals surface area (Å²) >= 11 is 0. The summed E-state index contributed by atoms with van der Waals surface area (Å²) in [5.74, 6) is 2.53. The summed E-state index contributed by atoms with van der Waals surface area (Å²) in [5.41, 5.74) is 0.0198. The van der Waals surface area contributed by atoms with E-state index in [1.54, 1.807) is 6.07 Å². The van der Waals surface area contributed by atoms with E-state index < -0.39 is 17.6 Å². The fourth-order valence-corrected chi connectivity index (χ4v) is 1.45. The number of hydrogen-bond donors (Lipinski definition) is 1. The predicted octanol–water partition coefficient (Wildman–Crippen LogP) is 3.06. The number of hydrogen-bond acceptors (Lipinski definition) is 1. The molecule has 4 heteroatoms. The second-order valence-electron chi connectivity index (χ2n) is 3.73. The second kappa shape index (κ2) is 5.32. The average Bonchev–Trinajstić information content (AvgIpc) is 2.39. The minimum atomic E-state index is -1.22. The van der Waals surface area contributed by atoms with E-state index in [1.165, 1.54) is 30.3 Å². The van der Waals surface area contributed by atoms with Crippen LogP contribution >= 0.6 is 0 Å². The summed E-state index contributed by atoms with van der Waals surface area (Å²) < 4.78 is 26.8. The van der Waals surface area contributed by atoms with Gasteiger partial charge in [-0.15, -0.1) is 0 Å². The Hall–Kier alpha value is -2.67. The van der Waals surface area contributed by atoms with E-state index in [4.69, 9.17) is 5.11 Å². The Morgan fingerprint density at radius 3 is 2.16 bits per heavy atom. The van der Waals surface area contributed by atoms with E-state index in [1.807, 2.05) is 0 Å². The molecule has 2 aromatic rings. The Kier molecular flexibility index (Phi) is 3.58. The Labute approximate surface area is 108 Å². The molecule has 0 fully saturated rings. The Bertz CT molecular complexity index is 697. The van der Waals surface area contributed by atoms with Crippen molar-refractivity contribution in [1.82, 2.24) is 0 Å². The van der Waals surface area contributed by atoms with Crippen molar-refractivity contribution in [2.75, 3.05) is 0 Å². The van der Waals surface area contributed by atoms with Crippen LogP contribution in [-0.4, -0.2) is 11.1 Å². The molecule has 0 amide bonds. The molecule has 0 saturated heterocycles. The molecule has 0 atom stereocenters. The minimum absolute atomic E-state index is 0.0215. The van der Waals surface area contributed by atoms with Crippen molar-refractivity contribution in [3.05, 3.63) is 70.8 Å². The molecule has 0 unspecified atom stereocenters. The zero-order valence-electron chi connectivity index (χ0n) is 9.65. The topological polar surface area (TPSA) is 37.3 Å². The van der Waals surface area contributed by atoms with Gasteiger partial charge in [-0.25, -0.2) is 13.6 Å². The average molecular weight is 258 g/mol. The van der Waals surface area contributed by atoms with Gasteiger partial charge in [-0.3, -0.25) is 0 Å². The van der Waals surface area contributed by atoms with Crippen molar-refractivity contribution >= 4 is 5.97 Å². The van der Waals surface area contributed by atoms with Gasteiger partial charge in [0.05, 0.1) is 16.7 Å². The number of carbonyl (C=O) groups is 1. The van der Waals surface area contributed by atoms with Crippen molar-refractivity contribution in [1.29, 1.82) is 0 Å². The third-order valence-electron chi connectivity index (χ3n) is 2.42. The van der Waals surface area contributed by atoms with Crippen LogP contribution in [0.25, 0.3) is 0 Å². The van der Waals surface area contributed by atoms with Gasteiger partial charge in [0, 0.05) is 0 Å². The molecule has 2 aromatic carbocycles. The van der Waals surface area contributed by atoms with Crippen molar-refractivity contribution in [2.24, 2.45) is 0 Å². The zero-order chi connectivity index (χ0) is 13.8. The summed E-state index contributed by atoms with van der Waals surface area (Å²) in [6.07, 6.45) is 0. The van der Waals surface area contributed by atoms with Crippen LogP contribution < -0.4 is 0 Å². The van der Waals surface area contributed by atoms with E-state index in [0.29, 0.717) is 0 Å². The third kappa shape index (κ3) is 2.96. The van der Waals surface area contributed by atoms with Gasteiger partial charge in [0.1, 0.15) is 11.6 Å². The van der Waals surface area contributed by atoms with Crippen LogP contribution in [0, 0.1) is 23.5 Å². The lowest BCUT2D eigenvalue weighted by molar-refractivity contribution is 0.0696. The van der Waals surface area contributed by atoms with Gasteiger partial charge in [-0.1, -0.05) is 24.0 Å². The lowest BCUT2D eigenvalue weighted by atomic mass is 10.1. The third-order valence-corrected chi connectivity index (χ3v) is 2.42. The molecular formula is C15H8F2O2. The van der Waals surface area contributed by atoms with Crippen molar-refractivity contribution in [3.63, 3.8) is 0 Å². The highest BCUT2D eigenvalue weighted by Crippen LogP contribution is 2.10. The van der Waals surface area contributed by atoms with Crippen molar-refractivity contribution in [3.8, 4) is 11.8 Å². The first-order valence-electron chi connectivity index (χ1n) is 5.37. The number of halogens is 2. The zero-order valence-corrected chi connectivity index (χ0v) is 9.65. The second-order valence-corrected chi connectivity index (χ2v) is 3.73. The molecule has 0 saturated carbocycles. The fourth-order valence-electron chi connectivity index (χ4n) is 1.45. The maximum Gasteiger partial charge on any atom is 0.335 e. The summed E-state index contributed by atoms with van der Waals surface area (Å²) in [4.78, 5) is 10.6. The van der Waals surface area contributed by atoms with E-state index >= 15 is 0 Å². The lowest BCUT2D eigenvalue weighted by Crippen LogP contribution is -1.97. The van der Waals surface area contributed by atoms with Crippen LogP contribution in [0.5, 0.6) is 0 Å². The Morgan fingerprint density at radius 1 is 0.947 bits per heavy atom. The quantitative estimate of drug-likeness (QED) is 0.798. The highest BCUT2D eigenvalue weighted by Gasteiger charge is 2.06. The van der Waals surface area contributed by atoms with Gasteiger partial charge in [0.15, 0.2) is 0 Å². The smallest absolute Gasteiger partial charge is 0.335 e. The van der Waals surface area contributed by atoms with Crippen LogP contribution in [0.1, 0.15) is 21.5 Å². The molecule has 0 aliphatic heterocycles. The van der Waals surface area contributed by atoms with Crippen LogP contribution in [0.2, 0.25) is 0 Å². The molecule has 0 aliphatic rings. The highest BCUT2D eigenvalue weighted by atomic mass is 19.1. The van der Waals surface area contributed by atoms with Crippen molar-refractivity contribution < 1.29 is 18.7 Å². The summed E-state index contributed by atoms with van der Waals surface area (Å²) in [7, 11) is 0. The van der Waals surface area contributed by atoms with Gasteiger partial charge in [-0.2, -0.15) is 0 Å². The fraction of sp³-hybridized carbons (Fsp3) is 0. The minimum Gasteiger partial charge on any atom is -0.478 e. The number of carboxylic acid groups (broad SMARTS) is 1. The lowest BCUT2D eigenvalue weighted by Gasteiger charge is -1.97. The molecule has 0 aromatic heterocycles. The summed E-state index contributed by atoms with van der Waals surface area (Å²) in [6.45, 7) is 0. The molecule has 19 heavy (non-hydrogen) atoms. The van der Waals surface area contributed by atoms with Gasteiger partial charge in [0.25, 0.3) is 0 Å². The molecule has 94 valence electrons. The normalized spacial score (nSPS) is 9.58.